The molecule has 0 bridgehead atoms. The number of aryl methyl sites for hydroxylation is 1. The van der Waals surface area contributed by atoms with E-state index in [9.17, 15) is 18.0 Å². The van der Waals surface area contributed by atoms with Crippen molar-refractivity contribution in [2.24, 2.45) is 0 Å². The largest absolute Gasteiger partial charge is 0.488 e. The zero-order valence-electron chi connectivity index (χ0n) is 18.6. The normalized spacial score (nSPS) is 16.9. The monoisotopic (exact) mass is 492 g/mol. The quantitative estimate of drug-likeness (QED) is 0.508. The first-order chi connectivity index (χ1) is 16.2. The van der Waals surface area contributed by atoms with Crippen molar-refractivity contribution in [3.63, 3.8) is 0 Å². The minimum absolute atomic E-state index is 0.100. The Hall–Kier alpha value is -3.05. The molecule has 1 N–H and O–H groups in total. The van der Waals surface area contributed by atoms with E-state index in [1.54, 1.807) is 30.4 Å². The third-order valence-corrected chi connectivity index (χ3v) is 6.47. The van der Waals surface area contributed by atoms with Gasteiger partial charge >= 0.3 is 6.18 Å². The lowest BCUT2D eigenvalue weighted by Gasteiger charge is -2.17. The van der Waals surface area contributed by atoms with Crippen molar-refractivity contribution in [2.45, 2.75) is 45.0 Å². The van der Waals surface area contributed by atoms with Gasteiger partial charge in [-0.1, -0.05) is 6.92 Å². The van der Waals surface area contributed by atoms with Crippen molar-refractivity contribution in [1.82, 2.24) is 20.3 Å². The Morgan fingerprint density at radius 3 is 2.62 bits per heavy atom. The molecule has 180 valence electrons. The summed E-state index contributed by atoms with van der Waals surface area (Å²) in [5.41, 5.74) is 1.45. The molecule has 11 heteroatoms. The van der Waals surface area contributed by atoms with Crippen molar-refractivity contribution in [2.75, 3.05) is 13.2 Å². The first-order valence-corrected chi connectivity index (χ1v) is 11.6. The fourth-order valence-electron chi connectivity index (χ4n) is 3.40. The second-order valence-corrected chi connectivity index (χ2v) is 8.98. The zero-order chi connectivity index (χ0) is 24.3. The van der Waals surface area contributed by atoms with Crippen LogP contribution in [0.5, 0.6) is 5.75 Å². The zero-order valence-corrected chi connectivity index (χ0v) is 19.4. The summed E-state index contributed by atoms with van der Waals surface area (Å²) in [6, 6.07) is 4.60. The molecular formula is C23H23F3N4O3S. The molecule has 1 aliphatic rings. The van der Waals surface area contributed by atoms with Crippen molar-refractivity contribution in [3.05, 3.63) is 58.6 Å². The maximum Gasteiger partial charge on any atom is 0.451 e. The predicted octanol–water partition coefficient (Wildman–Crippen LogP) is 4.84. The number of nitrogens with one attached hydrogen (secondary N) is 1. The molecule has 0 radical (unpaired) electrons. The van der Waals surface area contributed by atoms with Crippen LogP contribution in [0, 0.1) is 0 Å². The first kappa shape index (κ1) is 24.1. The number of hydrogen-bond acceptors (Lipinski definition) is 7. The Balaban J connectivity index is 1.57. The molecule has 0 saturated carbocycles. The van der Waals surface area contributed by atoms with E-state index in [2.05, 4.69) is 20.3 Å². The Kier molecular flexibility index (Phi) is 7.13. The molecule has 3 aromatic rings. The van der Waals surface area contributed by atoms with Gasteiger partial charge < -0.3 is 14.8 Å². The number of nitrogens with zero attached hydrogens (tertiary/aromatic N) is 3. The van der Waals surface area contributed by atoms with Crippen molar-refractivity contribution >= 4 is 17.2 Å². The second-order valence-electron chi connectivity index (χ2n) is 7.87. The summed E-state index contributed by atoms with van der Waals surface area (Å²) >= 11 is 1.54. The molecule has 2 aromatic heterocycles. The molecule has 0 spiro atoms. The summed E-state index contributed by atoms with van der Waals surface area (Å²) in [5.74, 6) is -1.11. The molecule has 3 heterocycles. The van der Waals surface area contributed by atoms with Crippen molar-refractivity contribution < 1.29 is 27.4 Å². The van der Waals surface area contributed by atoms with E-state index in [4.69, 9.17) is 9.47 Å². The molecule has 4 rings (SSSR count). The Morgan fingerprint density at radius 1 is 1.24 bits per heavy atom. The smallest absolute Gasteiger partial charge is 0.451 e. The van der Waals surface area contributed by atoms with Crippen LogP contribution in [0.15, 0.2) is 36.8 Å². The molecule has 1 aromatic carbocycles. The number of halogens is 3. The van der Waals surface area contributed by atoms with E-state index in [0.717, 1.165) is 40.7 Å². The standard InChI is InChI=1S/C23H23F3N4O3S/c1-3-19-11-27-21(34-19)15-6-14(7-18(8-15)33-17-4-5-32-12-17)20(31)30-13(2)16-9-28-22(29-10-16)23(24,25)26/h6-11,13,17H,3-5,12H2,1-2H3,(H,30,31)/t13-,17-/m1/s1. The molecular weight excluding hydrogens is 469 g/mol. The Morgan fingerprint density at radius 2 is 2.00 bits per heavy atom. The van der Waals surface area contributed by atoms with Crippen molar-refractivity contribution in [1.29, 1.82) is 0 Å². The van der Waals surface area contributed by atoms with E-state index in [0.29, 0.717) is 30.1 Å². The highest BCUT2D eigenvalue weighted by atomic mass is 32.1. The number of rotatable bonds is 7. The lowest BCUT2D eigenvalue weighted by atomic mass is 10.1. The van der Waals surface area contributed by atoms with Gasteiger partial charge in [-0.3, -0.25) is 4.79 Å². The number of alkyl halides is 3. The third-order valence-electron chi connectivity index (χ3n) is 5.28. The minimum Gasteiger partial charge on any atom is -0.488 e. The number of carbonyl (C=O) groups is 1. The molecule has 2 atom stereocenters. The molecule has 0 aliphatic carbocycles. The fourth-order valence-corrected chi connectivity index (χ4v) is 4.23. The minimum atomic E-state index is -4.63. The molecule has 7 nitrogen and oxygen atoms in total. The molecule has 1 aliphatic heterocycles. The van der Waals surface area contributed by atoms with Gasteiger partial charge in [-0.2, -0.15) is 13.2 Å². The highest BCUT2D eigenvalue weighted by Gasteiger charge is 2.34. The van der Waals surface area contributed by atoms with Crippen LogP contribution in [0.25, 0.3) is 10.6 Å². The summed E-state index contributed by atoms with van der Waals surface area (Å²) in [4.78, 5) is 25.4. The number of hydrogen-bond donors (Lipinski definition) is 1. The summed E-state index contributed by atoms with van der Waals surface area (Å²) < 4.78 is 49.6. The van der Waals surface area contributed by atoms with Crippen LogP contribution in [-0.4, -0.2) is 40.2 Å². The van der Waals surface area contributed by atoms with E-state index >= 15 is 0 Å². The maximum absolute atomic E-state index is 13.1. The number of aromatic nitrogens is 3. The van der Waals surface area contributed by atoms with Crippen LogP contribution in [0.4, 0.5) is 13.2 Å². The molecule has 1 amide bonds. The van der Waals surface area contributed by atoms with Crippen LogP contribution in [0.1, 0.15) is 52.9 Å². The predicted molar refractivity (Wildman–Crippen MR) is 120 cm³/mol. The highest BCUT2D eigenvalue weighted by molar-refractivity contribution is 7.15. The van der Waals surface area contributed by atoms with E-state index in [1.165, 1.54) is 0 Å². The average molecular weight is 493 g/mol. The number of amides is 1. The van der Waals surface area contributed by atoms with Crippen molar-refractivity contribution in [3.8, 4) is 16.3 Å². The van der Waals surface area contributed by atoms with Gasteiger partial charge in [0.15, 0.2) is 0 Å². The molecule has 34 heavy (non-hydrogen) atoms. The van der Waals surface area contributed by atoms with E-state index in [1.807, 2.05) is 19.2 Å². The van der Waals surface area contributed by atoms with Gasteiger partial charge in [0.2, 0.25) is 5.82 Å². The SMILES string of the molecule is CCc1cnc(-c2cc(O[C@@H]3CCOC3)cc(C(=O)N[C@H](C)c3cnc(C(F)(F)F)nc3)c2)s1. The fraction of sp³-hybridized carbons (Fsp3) is 0.391. The van der Waals surface area contributed by atoms with Crippen LogP contribution in [0.3, 0.4) is 0 Å². The average Bonchev–Trinajstić information content (AvgIpc) is 3.50. The van der Waals surface area contributed by atoms with Crippen LogP contribution >= 0.6 is 11.3 Å². The van der Waals surface area contributed by atoms with Crippen LogP contribution in [0.2, 0.25) is 0 Å². The summed E-state index contributed by atoms with van der Waals surface area (Å²) in [6.45, 7) is 4.79. The number of ether oxygens (including phenoxy) is 2. The Labute approximate surface area is 198 Å². The number of benzene rings is 1. The highest BCUT2D eigenvalue weighted by Crippen LogP contribution is 2.31. The summed E-state index contributed by atoms with van der Waals surface area (Å²) in [5, 5.41) is 3.56. The lowest BCUT2D eigenvalue weighted by molar-refractivity contribution is -0.145. The van der Waals surface area contributed by atoms with Gasteiger partial charge in [-0.05, 0) is 31.5 Å². The Bertz CT molecular complexity index is 1150. The summed E-state index contributed by atoms with van der Waals surface area (Å²) in [7, 11) is 0. The van der Waals surface area contributed by atoms with Crippen LogP contribution in [-0.2, 0) is 17.3 Å². The maximum atomic E-state index is 13.1. The van der Waals surface area contributed by atoms with Crippen LogP contribution < -0.4 is 10.1 Å². The van der Waals surface area contributed by atoms with Gasteiger partial charge in [0.05, 0.1) is 19.3 Å². The summed E-state index contributed by atoms with van der Waals surface area (Å²) in [6.07, 6.45) is 0.824. The third kappa shape index (κ3) is 5.71. The van der Waals surface area contributed by atoms with Gasteiger partial charge in [-0.15, -0.1) is 11.3 Å². The van der Waals surface area contributed by atoms with Gasteiger partial charge in [0, 0.05) is 46.6 Å². The number of thiazole rings is 1. The number of carbonyl (C=O) groups excluding carboxylic acids is 1. The van der Waals surface area contributed by atoms with Gasteiger partial charge in [0.25, 0.3) is 5.91 Å². The topological polar surface area (TPSA) is 86.2 Å². The molecule has 0 unspecified atom stereocenters. The lowest BCUT2D eigenvalue weighted by Crippen LogP contribution is -2.27. The molecule has 1 fully saturated rings. The van der Waals surface area contributed by atoms with Gasteiger partial charge in [-0.25, -0.2) is 15.0 Å². The van der Waals surface area contributed by atoms with E-state index in [-0.39, 0.29) is 6.10 Å². The van der Waals surface area contributed by atoms with E-state index < -0.39 is 23.9 Å². The second kappa shape index (κ2) is 10.1. The van der Waals surface area contributed by atoms with Gasteiger partial charge in [0.1, 0.15) is 16.9 Å². The first-order valence-electron chi connectivity index (χ1n) is 10.8. The molecule has 1 saturated heterocycles.